The van der Waals surface area contributed by atoms with Gasteiger partial charge < -0.3 is 0 Å². The molecule has 0 aliphatic carbocycles. The van der Waals surface area contributed by atoms with Gasteiger partial charge in [-0.1, -0.05) is 18.6 Å². The number of allylic oxidation sites excluding steroid dienone is 2. The Labute approximate surface area is 107 Å². The van der Waals surface area contributed by atoms with E-state index in [0.29, 0.717) is 0 Å². The van der Waals surface area contributed by atoms with Crippen LogP contribution in [-0.2, 0) is 0 Å². The van der Waals surface area contributed by atoms with Crippen LogP contribution in [0.2, 0.25) is 0 Å². The summed E-state index contributed by atoms with van der Waals surface area (Å²) in [6.45, 7) is 12.1. The van der Waals surface area contributed by atoms with E-state index >= 15 is 0 Å². The van der Waals surface area contributed by atoms with Crippen molar-refractivity contribution in [2.75, 3.05) is 26.2 Å². The highest BCUT2D eigenvalue weighted by molar-refractivity contribution is 4.93. The quantitative estimate of drug-likeness (QED) is 0.677. The van der Waals surface area contributed by atoms with Crippen molar-refractivity contribution in [3.05, 3.63) is 11.6 Å². The van der Waals surface area contributed by atoms with Gasteiger partial charge in [0.2, 0.25) is 0 Å². The summed E-state index contributed by atoms with van der Waals surface area (Å²) in [5.74, 6) is 0.858. The molecule has 0 spiro atoms. The van der Waals surface area contributed by atoms with Crippen LogP contribution in [0.1, 0.15) is 46.5 Å². The van der Waals surface area contributed by atoms with E-state index in [-0.39, 0.29) is 0 Å². The Kier molecular flexibility index (Phi) is 4.63. The van der Waals surface area contributed by atoms with Crippen molar-refractivity contribution >= 4 is 0 Å². The van der Waals surface area contributed by atoms with Crippen molar-refractivity contribution in [1.29, 1.82) is 0 Å². The van der Waals surface area contributed by atoms with Crippen LogP contribution < -0.4 is 0 Å². The summed E-state index contributed by atoms with van der Waals surface area (Å²) < 4.78 is 0. The molecule has 2 unspecified atom stereocenters. The molecule has 2 saturated heterocycles. The first-order valence-corrected chi connectivity index (χ1v) is 7.28. The van der Waals surface area contributed by atoms with Crippen LogP contribution in [0.4, 0.5) is 0 Å². The van der Waals surface area contributed by atoms with E-state index in [1.165, 1.54) is 57.4 Å². The molecular formula is C15H28N2. The predicted octanol–water partition coefficient (Wildman–Crippen LogP) is 3.11. The standard InChI is InChI=1S/C15H28N2/c1-13(2)6-4-7-14(3)12-15-16-8-5-9-17(15)11-10-16/h6,14-15H,4-5,7-12H2,1-3H3/t14-/m1/s1. The second-order valence-corrected chi connectivity index (χ2v) is 6.11. The number of rotatable bonds is 5. The van der Waals surface area contributed by atoms with Crippen LogP contribution in [0.3, 0.4) is 0 Å². The highest BCUT2D eigenvalue weighted by atomic mass is 15.4. The maximum atomic E-state index is 2.70. The fourth-order valence-corrected chi connectivity index (χ4v) is 3.22. The molecule has 2 nitrogen and oxygen atoms in total. The first-order valence-electron chi connectivity index (χ1n) is 7.28. The Hall–Kier alpha value is -0.340. The largest absolute Gasteiger partial charge is 0.287 e. The second-order valence-electron chi connectivity index (χ2n) is 6.11. The molecule has 2 rings (SSSR count). The normalized spacial score (nSPS) is 33.5. The maximum Gasteiger partial charge on any atom is 0.0625 e. The minimum absolute atomic E-state index is 0.769. The van der Waals surface area contributed by atoms with E-state index < -0.39 is 0 Å². The predicted molar refractivity (Wildman–Crippen MR) is 74.0 cm³/mol. The third-order valence-electron chi connectivity index (χ3n) is 4.23. The summed E-state index contributed by atoms with van der Waals surface area (Å²) in [6.07, 6.45) is 8.51. The summed E-state index contributed by atoms with van der Waals surface area (Å²) in [7, 11) is 0. The zero-order chi connectivity index (χ0) is 12.3. The number of nitrogens with zero attached hydrogens (tertiary/aromatic N) is 2. The van der Waals surface area contributed by atoms with Crippen LogP contribution >= 0.6 is 0 Å². The molecule has 0 aromatic heterocycles. The van der Waals surface area contributed by atoms with Gasteiger partial charge in [0.1, 0.15) is 0 Å². The Morgan fingerprint density at radius 3 is 2.41 bits per heavy atom. The average Bonchev–Trinajstić information content (AvgIpc) is 2.50. The van der Waals surface area contributed by atoms with E-state index in [9.17, 15) is 0 Å². The van der Waals surface area contributed by atoms with Gasteiger partial charge in [-0.25, -0.2) is 0 Å². The number of fused-ring (bicyclic) bond motifs is 2. The molecular weight excluding hydrogens is 208 g/mol. The molecule has 0 amide bonds. The van der Waals surface area contributed by atoms with Crippen LogP contribution in [-0.4, -0.2) is 42.1 Å². The van der Waals surface area contributed by atoms with Gasteiger partial charge in [0.05, 0.1) is 6.17 Å². The van der Waals surface area contributed by atoms with Crippen LogP contribution in [0.5, 0.6) is 0 Å². The van der Waals surface area contributed by atoms with Crippen molar-refractivity contribution in [2.24, 2.45) is 5.92 Å². The fraction of sp³-hybridized carbons (Fsp3) is 0.867. The molecule has 0 aromatic carbocycles. The van der Waals surface area contributed by atoms with Gasteiger partial charge in [0.15, 0.2) is 0 Å². The van der Waals surface area contributed by atoms with Crippen LogP contribution in [0.25, 0.3) is 0 Å². The molecule has 2 fully saturated rings. The Bertz CT molecular complexity index is 252. The lowest BCUT2D eigenvalue weighted by Crippen LogP contribution is -2.45. The Balaban J connectivity index is 1.75. The van der Waals surface area contributed by atoms with E-state index in [1.807, 2.05) is 0 Å². The summed E-state index contributed by atoms with van der Waals surface area (Å²) in [6, 6.07) is 0. The van der Waals surface area contributed by atoms with E-state index in [1.54, 1.807) is 0 Å². The lowest BCUT2D eigenvalue weighted by molar-refractivity contribution is 0.0719. The lowest BCUT2D eigenvalue weighted by Gasteiger charge is -2.36. The van der Waals surface area contributed by atoms with Crippen molar-refractivity contribution in [1.82, 2.24) is 9.80 Å². The molecule has 98 valence electrons. The molecule has 2 aliphatic heterocycles. The van der Waals surface area contributed by atoms with Crippen molar-refractivity contribution in [2.45, 2.75) is 52.6 Å². The molecule has 2 heterocycles. The van der Waals surface area contributed by atoms with Crippen LogP contribution in [0.15, 0.2) is 11.6 Å². The number of hydrogen-bond donors (Lipinski definition) is 0. The smallest absolute Gasteiger partial charge is 0.0625 e. The average molecular weight is 236 g/mol. The molecule has 17 heavy (non-hydrogen) atoms. The zero-order valence-electron chi connectivity index (χ0n) is 11.8. The highest BCUT2D eigenvalue weighted by Crippen LogP contribution is 2.27. The monoisotopic (exact) mass is 236 g/mol. The van der Waals surface area contributed by atoms with Gasteiger partial charge in [-0.3, -0.25) is 9.80 Å². The Morgan fingerprint density at radius 1 is 1.18 bits per heavy atom. The minimum atomic E-state index is 0.769. The molecule has 0 radical (unpaired) electrons. The molecule has 0 N–H and O–H groups in total. The summed E-state index contributed by atoms with van der Waals surface area (Å²) in [4.78, 5) is 5.39. The second kappa shape index (κ2) is 6.01. The molecule has 2 bridgehead atoms. The van der Waals surface area contributed by atoms with Gasteiger partial charge in [-0.15, -0.1) is 0 Å². The first-order chi connectivity index (χ1) is 8.16. The van der Waals surface area contributed by atoms with Crippen molar-refractivity contribution in [3.8, 4) is 0 Å². The van der Waals surface area contributed by atoms with Crippen molar-refractivity contribution < 1.29 is 0 Å². The molecule has 0 aromatic rings. The minimum Gasteiger partial charge on any atom is -0.287 e. The van der Waals surface area contributed by atoms with E-state index in [0.717, 1.165) is 12.1 Å². The zero-order valence-corrected chi connectivity index (χ0v) is 11.8. The molecule has 0 saturated carbocycles. The lowest BCUT2D eigenvalue weighted by atomic mass is 9.98. The first kappa shape index (κ1) is 13.1. The molecule has 2 heteroatoms. The van der Waals surface area contributed by atoms with Gasteiger partial charge >= 0.3 is 0 Å². The SMILES string of the molecule is CC(C)=CCC[C@@H](C)CC1N2CCCN1CC2. The summed E-state index contributed by atoms with van der Waals surface area (Å²) in [5, 5.41) is 0. The number of hydrogen-bond acceptors (Lipinski definition) is 2. The van der Waals surface area contributed by atoms with Gasteiger partial charge in [0.25, 0.3) is 0 Å². The highest BCUT2D eigenvalue weighted by Gasteiger charge is 2.34. The van der Waals surface area contributed by atoms with E-state index in [4.69, 9.17) is 0 Å². The van der Waals surface area contributed by atoms with Gasteiger partial charge in [-0.2, -0.15) is 0 Å². The van der Waals surface area contributed by atoms with Crippen LogP contribution in [0, 0.1) is 5.92 Å². The summed E-state index contributed by atoms with van der Waals surface area (Å²) in [5.41, 5.74) is 1.46. The molecule has 2 aliphatic rings. The topological polar surface area (TPSA) is 6.48 Å². The fourth-order valence-electron chi connectivity index (χ4n) is 3.22. The third-order valence-corrected chi connectivity index (χ3v) is 4.23. The van der Waals surface area contributed by atoms with E-state index in [2.05, 4.69) is 36.6 Å². The van der Waals surface area contributed by atoms with Gasteiger partial charge in [-0.05, 0) is 45.4 Å². The maximum absolute atomic E-state index is 2.70. The Morgan fingerprint density at radius 2 is 1.82 bits per heavy atom. The molecule has 3 atom stereocenters. The third kappa shape index (κ3) is 3.56. The van der Waals surface area contributed by atoms with Crippen molar-refractivity contribution in [3.63, 3.8) is 0 Å². The summed E-state index contributed by atoms with van der Waals surface area (Å²) >= 11 is 0. The van der Waals surface area contributed by atoms with Gasteiger partial charge in [0, 0.05) is 26.2 Å².